The standard InChI is InChI=1S/C24H27FN8O/c1-3-14-4-9-18(25)19(10-14)33(16-6-7-16)22-13-27-24(30-29-22)17-8-5-15(11-20(17)34)23-28-21(12-26)32(2)31-23/h5,8,11,13-14,16,18-19,34H,3-4,6-7,9-10H2,1-2H3/t14-,18+,19-/m1/s1. The molecule has 0 saturated heterocycles. The molecule has 2 heterocycles. The van der Waals surface area contributed by atoms with Gasteiger partial charge in [0.2, 0.25) is 5.82 Å². The SMILES string of the molecule is CC[C@@H]1CC[C@H](F)[C@H](N(c2cnc(-c3ccc(-c4nc(C#N)n(C)n4)cc3O)nn2)C2CC2)C1. The summed E-state index contributed by atoms with van der Waals surface area (Å²) in [6.07, 6.45) is 6.24. The van der Waals surface area contributed by atoms with Crippen LogP contribution in [0.4, 0.5) is 10.2 Å². The highest BCUT2D eigenvalue weighted by Gasteiger charge is 2.41. The molecule has 0 radical (unpaired) electrons. The van der Waals surface area contributed by atoms with Crippen LogP contribution in [-0.4, -0.2) is 53.3 Å². The maximum atomic E-state index is 14.9. The van der Waals surface area contributed by atoms with Crippen molar-refractivity contribution in [3.05, 3.63) is 30.2 Å². The number of anilines is 1. The maximum absolute atomic E-state index is 14.9. The monoisotopic (exact) mass is 462 g/mol. The molecule has 0 bridgehead atoms. The quantitative estimate of drug-likeness (QED) is 0.588. The molecular weight excluding hydrogens is 435 g/mol. The van der Waals surface area contributed by atoms with E-state index in [1.54, 1.807) is 25.4 Å². The van der Waals surface area contributed by atoms with Gasteiger partial charge in [0.05, 0.1) is 17.8 Å². The second-order valence-corrected chi connectivity index (χ2v) is 9.18. The van der Waals surface area contributed by atoms with Gasteiger partial charge in [-0.15, -0.1) is 10.2 Å². The summed E-state index contributed by atoms with van der Waals surface area (Å²) in [5.41, 5.74) is 0.990. The largest absolute Gasteiger partial charge is 0.507 e. The van der Waals surface area contributed by atoms with Crippen LogP contribution in [0.25, 0.3) is 22.8 Å². The lowest BCUT2D eigenvalue weighted by Crippen LogP contribution is -2.47. The first-order valence-electron chi connectivity index (χ1n) is 11.8. The molecule has 0 unspecified atom stereocenters. The van der Waals surface area contributed by atoms with Crippen molar-refractivity contribution in [2.24, 2.45) is 13.0 Å². The maximum Gasteiger partial charge on any atom is 0.231 e. The van der Waals surface area contributed by atoms with Crippen molar-refractivity contribution in [3.63, 3.8) is 0 Å². The minimum Gasteiger partial charge on any atom is -0.507 e. The Labute approximate surface area is 197 Å². The van der Waals surface area contributed by atoms with E-state index in [2.05, 4.69) is 37.1 Å². The molecule has 2 aliphatic rings. The summed E-state index contributed by atoms with van der Waals surface area (Å²) in [6, 6.07) is 6.99. The van der Waals surface area contributed by atoms with Gasteiger partial charge in [0.25, 0.3) is 0 Å². The van der Waals surface area contributed by atoms with Gasteiger partial charge in [0.15, 0.2) is 17.5 Å². The number of nitrogens with zero attached hydrogens (tertiary/aromatic N) is 8. The van der Waals surface area contributed by atoms with Crippen LogP contribution < -0.4 is 4.90 Å². The Bertz CT molecular complexity index is 1220. The van der Waals surface area contributed by atoms with Crippen LogP contribution in [0.15, 0.2) is 24.4 Å². The number of rotatable bonds is 6. The fraction of sp³-hybridized carbons (Fsp3) is 0.500. The van der Waals surface area contributed by atoms with Crippen molar-refractivity contribution in [2.45, 2.75) is 63.7 Å². The Balaban J connectivity index is 1.39. The van der Waals surface area contributed by atoms with Gasteiger partial charge < -0.3 is 10.0 Å². The molecule has 10 heteroatoms. The van der Waals surface area contributed by atoms with E-state index in [1.165, 1.54) is 10.7 Å². The Kier molecular flexibility index (Phi) is 5.86. The minimum absolute atomic E-state index is 0.0426. The summed E-state index contributed by atoms with van der Waals surface area (Å²) in [5.74, 6) is 1.89. The number of benzene rings is 1. The van der Waals surface area contributed by atoms with E-state index < -0.39 is 6.17 Å². The minimum atomic E-state index is -0.872. The molecule has 3 aromatic rings. The summed E-state index contributed by atoms with van der Waals surface area (Å²) in [7, 11) is 1.64. The zero-order valence-corrected chi connectivity index (χ0v) is 19.3. The average molecular weight is 463 g/mol. The number of halogens is 1. The van der Waals surface area contributed by atoms with E-state index in [-0.39, 0.29) is 29.5 Å². The van der Waals surface area contributed by atoms with E-state index in [4.69, 9.17) is 5.26 Å². The molecule has 3 atom stereocenters. The van der Waals surface area contributed by atoms with Gasteiger partial charge in [-0.05, 0) is 50.2 Å². The van der Waals surface area contributed by atoms with Crippen molar-refractivity contribution < 1.29 is 9.50 Å². The van der Waals surface area contributed by atoms with Gasteiger partial charge in [0, 0.05) is 18.7 Å². The molecule has 0 aliphatic heterocycles. The second-order valence-electron chi connectivity index (χ2n) is 9.18. The first kappa shape index (κ1) is 22.2. The molecule has 2 aromatic heterocycles. The second kappa shape index (κ2) is 8.97. The van der Waals surface area contributed by atoms with Gasteiger partial charge >= 0.3 is 0 Å². The van der Waals surface area contributed by atoms with Gasteiger partial charge in [-0.3, -0.25) is 0 Å². The lowest BCUT2D eigenvalue weighted by Gasteiger charge is -2.40. The number of phenols is 1. The molecule has 0 amide bonds. The number of hydrogen-bond acceptors (Lipinski definition) is 8. The van der Waals surface area contributed by atoms with Crippen LogP contribution in [0, 0.1) is 17.2 Å². The lowest BCUT2D eigenvalue weighted by atomic mass is 9.82. The topological polar surface area (TPSA) is 117 Å². The molecule has 34 heavy (non-hydrogen) atoms. The van der Waals surface area contributed by atoms with E-state index in [1.807, 2.05) is 6.07 Å². The third kappa shape index (κ3) is 4.18. The predicted octanol–water partition coefficient (Wildman–Crippen LogP) is 3.80. The Morgan fingerprint density at radius 2 is 2.03 bits per heavy atom. The smallest absolute Gasteiger partial charge is 0.231 e. The molecule has 0 spiro atoms. The highest BCUT2D eigenvalue weighted by molar-refractivity contribution is 5.70. The molecule has 1 aromatic carbocycles. The van der Waals surface area contributed by atoms with Gasteiger partial charge in [0.1, 0.15) is 18.0 Å². The van der Waals surface area contributed by atoms with Crippen LogP contribution in [0.2, 0.25) is 0 Å². The molecular formula is C24H27FN8O. The lowest BCUT2D eigenvalue weighted by molar-refractivity contribution is 0.166. The van der Waals surface area contributed by atoms with Crippen LogP contribution >= 0.6 is 0 Å². The van der Waals surface area contributed by atoms with Crippen molar-refractivity contribution in [1.29, 1.82) is 5.26 Å². The molecule has 5 rings (SSSR count). The van der Waals surface area contributed by atoms with Crippen molar-refractivity contribution >= 4 is 5.82 Å². The first-order valence-corrected chi connectivity index (χ1v) is 11.8. The van der Waals surface area contributed by atoms with Crippen LogP contribution in [0.3, 0.4) is 0 Å². The highest BCUT2D eigenvalue weighted by atomic mass is 19.1. The fourth-order valence-electron chi connectivity index (χ4n) is 4.81. The van der Waals surface area contributed by atoms with Crippen LogP contribution in [0.1, 0.15) is 51.3 Å². The van der Waals surface area contributed by atoms with Crippen LogP contribution in [0.5, 0.6) is 5.75 Å². The number of nitriles is 1. The summed E-state index contributed by atoms with van der Waals surface area (Å²) >= 11 is 0. The zero-order chi connectivity index (χ0) is 23.8. The summed E-state index contributed by atoms with van der Waals surface area (Å²) < 4.78 is 16.3. The highest BCUT2D eigenvalue weighted by Crippen LogP contribution is 2.40. The summed E-state index contributed by atoms with van der Waals surface area (Å²) in [5, 5.41) is 32.6. The molecule has 2 aliphatic carbocycles. The third-order valence-corrected chi connectivity index (χ3v) is 6.89. The van der Waals surface area contributed by atoms with E-state index in [0.29, 0.717) is 35.1 Å². The molecule has 2 fully saturated rings. The molecule has 176 valence electrons. The van der Waals surface area contributed by atoms with Crippen molar-refractivity contribution in [3.8, 4) is 34.6 Å². The number of aryl methyl sites for hydroxylation is 1. The number of hydrogen-bond donors (Lipinski definition) is 1. The average Bonchev–Trinajstić information content (AvgIpc) is 3.61. The van der Waals surface area contributed by atoms with Crippen molar-refractivity contribution in [2.75, 3.05) is 4.90 Å². The van der Waals surface area contributed by atoms with E-state index in [9.17, 15) is 9.50 Å². The normalized spacial score (nSPS) is 22.4. The summed E-state index contributed by atoms with van der Waals surface area (Å²) in [6.45, 7) is 2.17. The molecule has 2 saturated carbocycles. The van der Waals surface area contributed by atoms with Crippen LogP contribution in [-0.2, 0) is 7.05 Å². The number of aromatic nitrogens is 6. The first-order chi connectivity index (χ1) is 16.5. The Morgan fingerprint density at radius 1 is 1.21 bits per heavy atom. The van der Waals surface area contributed by atoms with Gasteiger partial charge in [-0.25, -0.2) is 14.1 Å². The number of phenolic OH excluding ortho intramolecular Hbond substituents is 1. The predicted molar refractivity (Wildman–Crippen MR) is 123 cm³/mol. The molecule has 1 N–H and O–H groups in total. The number of aromatic hydroxyl groups is 1. The zero-order valence-electron chi connectivity index (χ0n) is 19.3. The Morgan fingerprint density at radius 3 is 2.65 bits per heavy atom. The van der Waals surface area contributed by atoms with Crippen molar-refractivity contribution in [1.82, 2.24) is 29.9 Å². The molecule has 9 nitrogen and oxygen atoms in total. The van der Waals surface area contributed by atoms with E-state index in [0.717, 1.165) is 32.1 Å². The van der Waals surface area contributed by atoms with Gasteiger partial charge in [-0.1, -0.05) is 19.4 Å². The van der Waals surface area contributed by atoms with Gasteiger partial charge in [-0.2, -0.15) is 15.3 Å². The summed E-state index contributed by atoms with van der Waals surface area (Å²) in [4.78, 5) is 10.7. The fourth-order valence-corrected chi connectivity index (χ4v) is 4.81. The number of alkyl halides is 1. The third-order valence-electron chi connectivity index (χ3n) is 6.89. The van der Waals surface area contributed by atoms with E-state index >= 15 is 0 Å². The Hall–Kier alpha value is -3.61.